The molecule has 1 heterocycles. The molecule has 2 aromatic rings. The number of carbonyl (C=O) groups excluding carboxylic acids is 1. The van der Waals surface area contributed by atoms with E-state index in [9.17, 15) is 4.79 Å². The lowest BCUT2D eigenvalue weighted by molar-refractivity contribution is -0.123. The average Bonchev–Trinajstić information content (AvgIpc) is 2.95. The summed E-state index contributed by atoms with van der Waals surface area (Å²) in [4.78, 5) is 13.3. The van der Waals surface area contributed by atoms with Crippen LogP contribution in [0.4, 0.5) is 0 Å². The van der Waals surface area contributed by atoms with Gasteiger partial charge in [-0.25, -0.2) is 0 Å². The van der Waals surface area contributed by atoms with Gasteiger partial charge in [0.25, 0.3) is 0 Å². The van der Waals surface area contributed by atoms with Crippen molar-refractivity contribution in [1.82, 2.24) is 25.5 Å². The largest absolute Gasteiger partial charge is 0.338 e. The summed E-state index contributed by atoms with van der Waals surface area (Å²) in [6, 6.07) is 7.79. The first-order valence-corrected chi connectivity index (χ1v) is 7.09. The van der Waals surface area contributed by atoms with Gasteiger partial charge < -0.3 is 5.32 Å². The van der Waals surface area contributed by atoms with Crippen LogP contribution in [0.3, 0.4) is 0 Å². The maximum absolute atomic E-state index is 12.0. The van der Waals surface area contributed by atoms with Gasteiger partial charge in [-0.1, -0.05) is 36.6 Å². The molecule has 1 aromatic heterocycles. The van der Waals surface area contributed by atoms with Crippen molar-refractivity contribution in [3.05, 3.63) is 29.8 Å². The van der Waals surface area contributed by atoms with Gasteiger partial charge in [0.15, 0.2) is 0 Å². The molecule has 1 aromatic carbocycles. The molecule has 0 bridgehead atoms. The number of aromatic nitrogens is 4. The van der Waals surface area contributed by atoms with E-state index in [4.69, 9.17) is 6.42 Å². The van der Waals surface area contributed by atoms with Crippen molar-refractivity contribution in [2.75, 3.05) is 0 Å². The van der Waals surface area contributed by atoms with Gasteiger partial charge in [0.2, 0.25) is 11.7 Å². The summed E-state index contributed by atoms with van der Waals surface area (Å²) in [6.07, 6.45) is 6.09. The fourth-order valence-corrected chi connectivity index (χ4v) is 1.91. The maximum atomic E-state index is 12.0. The number of carbonyl (C=O) groups is 1. The molecule has 0 radical (unpaired) electrons. The molecule has 1 N–H and O–H groups in total. The summed E-state index contributed by atoms with van der Waals surface area (Å²) < 4.78 is 0. The monoisotopic (exact) mass is 297 g/mol. The van der Waals surface area contributed by atoms with Gasteiger partial charge >= 0.3 is 0 Å². The summed E-state index contributed by atoms with van der Waals surface area (Å²) in [5, 5.41) is 14.9. The van der Waals surface area contributed by atoms with E-state index in [1.807, 2.05) is 38.1 Å². The quantitative estimate of drug-likeness (QED) is 0.850. The average molecular weight is 297 g/mol. The second kappa shape index (κ2) is 6.39. The molecule has 114 valence electrons. The zero-order valence-corrected chi connectivity index (χ0v) is 13.0. The zero-order valence-electron chi connectivity index (χ0n) is 13.0. The normalized spacial score (nSPS) is 13.2. The van der Waals surface area contributed by atoms with Gasteiger partial charge in [-0.3, -0.25) is 4.79 Å². The molecule has 22 heavy (non-hydrogen) atoms. The first-order valence-electron chi connectivity index (χ1n) is 7.09. The van der Waals surface area contributed by atoms with Gasteiger partial charge in [-0.05, 0) is 31.5 Å². The van der Waals surface area contributed by atoms with Crippen LogP contribution in [0.5, 0.6) is 0 Å². The Morgan fingerprint density at radius 2 is 2.27 bits per heavy atom. The Hall–Kier alpha value is -2.68. The number of amides is 1. The molecule has 1 unspecified atom stereocenters. The third kappa shape index (κ3) is 3.70. The smallest absolute Gasteiger partial charge is 0.244 e. The molecule has 0 aliphatic carbocycles. The van der Waals surface area contributed by atoms with Crippen molar-refractivity contribution in [3.63, 3.8) is 0 Å². The molecule has 0 saturated carbocycles. The Labute approximate surface area is 129 Å². The molecular weight excluding hydrogens is 278 g/mol. The molecule has 6 nitrogen and oxygen atoms in total. The molecule has 2 rings (SSSR count). The van der Waals surface area contributed by atoms with Crippen LogP contribution in [0, 0.1) is 19.3 Å². The summed E-state index contributed by atoms with van der Waals surface area (Å²) in [7, 11) is 0. The lowest BCUT2D eigenvalue weighted by Gasteiger charge is -2.22. The van der Waals surface area contributed by atoms with E-state index in [1.165, 1.54) is 4.80 Å². The topological polar surface area (TPSA) is 72.7 Å². The summed E-state index contributed by atoms with van der Waals surface area (Å²) in [5.41, 5.74) is 1.32. The predicted octanol–water partition coefficient (Wildman–Crippen LogP) is 1.57. The minimum absolute atomic E-state index is 0.0178. The second-order valence-electron chi connectivity index (χ2n) is 5.39. The first kappa shape index (κ1) is 15.7. The zero-order chi connectivity index (χ0) is 16.2. The second-order valence-corrected chi connectivity index (χ2v) is 5.39. The summed E-state index contributed by atoms with van der Waals surface area (Å²) >= 11 is 0. The van der Waals surface area contributed by atoms with Crippen LogP contribution in [0.1, 0.15) is 25.8 Å². The van der Waals surface area contributed by atoms with Crippen LogP contribution in [0.25, 0.3) is 11.4 Å². The van der Waals surface area contributed by atoms with E-state index in [2.05, 4.69) is 26.6 Å². The minimum atomic E-state index is -0.656. The van der Waals surface area contributed by atoms with Crippen LogP contribution >= 0.6 is 0 Å². The number of benzene rings is 1. The molecule has 0 fully saturated rings. The number of nitrogens with one attached hydrogen (secondary N) is 1. The molecule has 0 spiro atoms. The van der Waals surface area contributed by atoms with Crippen molar-refractivity contribution < 1.29 is 4.79 Å². The highest BCUT2D eigenvalue weighted by molar-refractivity contribution is 5.77. The van der Waals surface area contributed by atoms with Crippen molar-refractivity contribution in [2.24, 2.45) is 0 Å². The van der Waals surface area contributed by atoms with Gasteiger partial charge in [0.1, 0.15) is 6.54 Å². The van der Waals surface area contributed by atoms with Crippen LogP contribution < -0.4 is 5.32 Å². The number of hydrogen-bond acceptors (Lipinski definition) is 4. The molecule has 0 aliphatic rings. The highest BCUT2D eigenvalue weighted by Crippen LogP contribution is 2.14. The van der Waals surface area contributed by atoms with E-state index in [1.54, 1.807) is 6.92 Å². The van der Waals surface area contributed by atoms with Crippen molar-refractivity contribution in [2.45, 2.75) is 39.3 Å². The number of terminal acetylenes is 1. The van der Waals surface area contributed by atoms with Crippen molar-refractivity contribution in [1.29, 1.82) is 0 Å². The Morgan fingerprint density at radius 1 is 1.50 bits per heavy atom. The molecular formula is C16H19N5O. The Kier molecular flexibility index (Phi) is 4.56. The van der Waals surface area contributed by atoms with Crippen LogP contribution in [-0.4, -0.2) is 31.7 Å². The molecule has 1 atom stereocenters. The summed E-state index contributed by atoms with van der Waals surface area (Å²) in [6.45, 7) is 5.70. The van der Waals surface area contributed by atoms with Gasteiger partial charge in [0.05, 0.1) is 5.54 Å². The number of aryl methyl sites for hydroxylation is 1. The number of hydrogen-bond donors (Lipinski definition) is 1. The van der Waals surface area contributed by atoms with E-state index >= 15 is 0 Å². The highest BCUT2D eigenvalue weighted by Gasteiger charge is 2.21. The molecule has 1 amide bonds. The van der Waals surface area contributed by atoms with Crippen LogP contribution in [0.15, 0.2) is 24.3 Å². The standard InChI is InChI=1S/C16H19N5O/c1-5-16(4,6-2)17-14(22)11-21-19-15(18-20-21)13-9-7-8-12(3)10-13/h1,7-10H,6,11H2,2-4H3,(H,17,22). The first-order chi connectivity index (χ1) is 10.5. The highest BCUT2D eigenvalue weighted by atomic mass is 16.2. The van der Waals surface area contributed by atoms with Gasteiger partial charge in [0, 0.05) is 5.56 Å². The predicted molar refractivity (Wildman–Crippen MR) is 83.7 cm³/mol. The SMILES string of the molecule is C#CC(C)(CC)NC(=O)Cn1nnc(-c2cccc(C)c2)n1. The Morgan fingerprint density at radius 3 is 2.91 bits per heavy atom. The summed E-state index contributed by atoms with van der Waals surface area (Å²) in [5.74, 6) is 2.84. The third-order valence-corrected chi connectivity index (χ3v) is 3.46. The third-order valence-electron chi connectivity index (χ3n) is 3.46. The lowest BCUT2D eigenvalue weighted by atomic mass is 10.0. The molecule has 6 heteroatoms. The lowest BCUT2D eigenvalue weighted by Crippen LogP contribution is -2.45. The van der Waals surface area contributed by atoms with Crippen molar-refractivity contribution >= 4 is 5.91 Å². The van der Waals surface area contributed by atoms with E-state index in [0.29, 0.717) is 12.2 Å². The Balaban J connectivity index is 2.07. The van der Waals surface area contributed by atoms with E-state index < -0.39 is 5.54 Å². The van der Waals surface area contributed by atoms with Crippen LogP contribution in [-0.2, 0) is 11.3 Å². The number of nitrogens with zero attached hydrogens (tertiary/aromatic N) is 4. The van der Waals surface area contributed by atoms with E-state index in [0.717, 1.165) is 11.1 Å². The minimum Gasteiger partial charge on any atom is -0.338 e. The molecule has 0 aliphatic heterocycles. The molecule has 0 saturated heterocycles. The van der Waals surface area contributed by atoms with Gasteiger partial charge in [-0.2, -0.15) is 4.80 Å². The van der Waals surface area contributed by atoms with Gasteiger partial charge in [-0.15, -0.1) is 16.6 Å². The van der Waals surface area contributed by atoms with E-state index in [-0.39, 0.29) is 12.5 Å². The maximum Gasteiger partial charge on any atom is 0.244 e. The van der Waals surface area contributed by atoms with Crippen LogP contribution in [0.2, 0.25) is 0 Å². The number of rotatable bonds is 5. The fraction of sp³-hybridized carbons (Fsp3) is 0.375. The Bertz CT molecular complexity index is 715. The number of tetrazole rings is 1. The van der Waals surface area contributed by atoms with Crippen molar-refractivity contribution in [3.8, 4) is 23.7 Å². The fourth-order valence-electron chi connectivity index (χ4n) is 1.91.